The molecule has 0 aliphatic rings. The van der Waals surface area contributed by atoms with Gasteiger partial charge in [0.1, 0.15) is 12.4 Å². The molecular formula is C21H15ClFN5O3. The van der Waals surface area contributed by atoms with E-state index in [-0.39, 0.29) is 24.3 Å². The average molecular weight is 440 g/mol. The van der Waals surface area contributed by atoms with Gasteiger partial charge in [0.15, 0.2) is 11.2 Å². The third-order valence-corrected chi connectivity index (χ3v) is 4.78. The molecule has 4 aromatic rings. The van der Waals surface area contributed by atoms with Gasteiger partial charge in [0, 0.05) is 23.1 Å². The first-order valence-electron chi connectivity index (χ1n) is 9.16. The summed E-state index contributed by atoms with van der Waals surface area (Å²) in [5.41, 5.74) is -0.388. The first kappa shape index (κ1) is 20.4. The van der Waals surface area contributed by atoms with Crippen molar-refractivity contribution in [2.75, 3.05) is 5.32 Å². The van der Waals surface area contributed by atoms with Crippen LogP contribution < -0.4 is 16.6 Å². The van der Waals surface area contributed by atoms with Crippen LogP contribution >= 0.6 is 11.6 Å². The lowest BCUT2D eigenvalue weighted by Crippen LogP contribution is -2.42. The second-order valence-electron chi connectivity index (χ2n) is 6.67. The summed E-state index contributed by atoms with van der Waals surface area (Å²) in [6.45, 7) is -0.496. The van der Waals surface area contributed by atoms with Gasteiger partial charge in [0.2, 0.25) is 5.91 Å². The summed E-state index contributed by atoms with van der Waals surface area (Å²) in [5.74, 6) is -0.930. The summed E-state index contributed by atoms with van der Waals surface area (Å²) in [5, 5.41) is 3.18. The van der Waals surface area contributed by atoms with E-state index in [4.69, 9.17) is 11.6 Å². The standard InChI is InChI=1S/C21H15ClFN5O3/c22-14-3-7-16(8-4-14)26-17(29)12-27-19-18(24-9-10-25-19)20(30)28(21(27)31)11-13-1-5-15(23)6-2-13/h1-10H,11-12H2,(H,26,29). The van der Waals surface area contributed by atoms with E-state index in [1.54, 1.807) is 24.3 Å². The van der Waals surface area contributed by atoms with Gasteiger partial charge in [-0.1, -0.05) is 23.7 Å². The molecule has 2 aromatic heterocycles. The molecule has 0 aliphatic heterocycles. The van der Waals surface area contributed by atoms with Crippen molar-refractivity contribution in [2.24, 2.45) is 0 Å². The largest absolute Gasteiger partial charge is 0.333 e. The smallest absolute Gasteiger partial charge is 0.325 e. The van der Waals surface area contributed by atoms with E-state index >= 15 is 0 Å². The van der Waals surface area contributed by atoms with Crippen molar-refractivity contribution >= 4 is 34.4 Å². The maximum atomic E-state index is 13.2. The number of hydrogen-bond donors (Lipinski definition) is 1. The number of hydrogen-bond acceptors (Lipinski definition) is 5. The molecule has 0 bridgehead atoms. The van der Waals surface area contributed by atoms with Crippen LogP contribution in [0.4, 0.5) is 10.1 Å². The first-order valence-corrected chi connectivity index (χ1v) is 9.54. The number of fused-ring (bicyclic) bond motifs is 1. The topological polar surface area (TPSA) is 98.9 Å². The Morgan fingerprint density at radius 1 is 0.968 bits per heavy atom. The summed E-state index contributed by atoms with van der Waals surface area (Å²) >= 11 is 5.84. The fourth-order valence-corrected chi connectivity index (χ4v) is 3.19. The SMILES string of the molecule is O=C(Cn1c(=O)n(Cc2ccc(F)cc2)c(=O)c2nccnc21)Nc1ccc(Cl)cc1. The van der Waals surface area contributed by atoms with Crippen molar-refractivity contribution in [2.45, 2.75) is 13.1 Å². The maximum Gasteiger partial charge on any atom is 0.333 e. The zero-order valence-electron chi connectivity index (χ0n) is 16.0. The van der Waals surface area contributed by atoms with Gasteiger partial charge in [-0.15, -0.1) is 0 Å². The summed E-state index contributed by atoms with van der Waals surface area (Å²) in [7, 11) is 0. The highest BCUT2D eigenvalue weighted by Gasteiger charge is 2.17. The minimum atomic E-state index is -0.728. The number of amides is 1. The number of halogens is 2. The quantitative estimate of drug-likeness (QED) is 0.515. The molecule has 156 valence electrons. The number of carbonyl (C=O) groups excluding carboxylic acids is 1. The van der Waals surface area contributed by atoms with Crippen molar-refractivity contribution in [3.05, 3.63) is 98.2 Å². The zero-order valence-corrected chi connectivity index (χ0v) is 16.7. The molecule has 1 amide bonds. The van der Waals surface area contributed by atoms with Crippen LogP contribution in [-0.2, 0) is 17.9 Å². The van der Waals surface area contributed by atoms with Crippen LogP contribution in [0, 0.1) is 5.82 Å². The average Bonchev–Trinajstić information content (AvgIpc) is 2.77. The van der Waals surface area contributed by atoms with Gasteiger partial charge >= 0.3 is 5.69 Å². The predicted molar refractivity (Wildman–Crippen MR) is 114 cm³/mol. The molecule has 0 saturated heterocycles. The van der Waals surface area contributed by atoms with E-state index in [9.17, 15) is 18.8 Å². The lowest BCUT2D eigenvalue weighted by Gasteiger charge is -2.13. The molecule has 2 aromatic carbocycles. The van der Waals surface area contributed by atoms with Crippen molar-refractivity contribution in [3.63, 3.8) is 0 Å². The first-order chi connectivity index (χ1) is 14.9. The number of nitrogens with zero attached hydrogens (tertiary/aromatic N) is 4. The van der Waals surface area contributed by atoms with Gasteiger partial charge in [-0.3, -0.25) is 18.7 Å². The minimum Gasteiger partial charge on any atom is -0.325 e. The molecule has 8 nitrogen and oxygen atoms in total. The Hall–Kier alpha value is -3.85. The van der Waals surface area contributed by atoms with E-state index in [1.165, 1.54) is 36.7 Å². The van der Waals surface area contributed by atoms with Gasteiger partial charge < -0.3 is 5.32 Å². The van der Waals surface area contributed by atoms with Crippen molar-refractivity contribution in [1.82, 2.24) is 19.1 Å². The molecule has 0 radical (unpaired) electrons. The van der Waals surface area contributed by atoms with E-state index in [0.717, 1.165) is 9.13 Å². The van der Waals surface area contributed by atoms with Crippen LogP contribution in [-0.4, -0.2) is 25.0 Å². The normalized spacial score (nSPS) is 10.9. The summed E-state index contributed by atoms with van der Waals surface area (Å²) in [4.78, 5) is 46.6. The fourth-order valence-electron chi connectivity index (χ4n) is 3.06. The molecule has 1 N–H and O–H groups in total. The van der Waals surface area contributed by atoms with Gasteiger partial charge in [-0.25, -0.2) is 19.2 Å². The van der Waals surface area contributed by atoms with Crippen LogP contribution in [0.25, 0.3) is 11.2 Å². The number of carbonyl (C=O) groups is 1. The molecule has 0 saturated carbocycles. The minimum absolute atomic E-state index is 0.000822. The van der Waals surface area contributed by atoms with Crippen LogP contribution in [0.15, 0.2) is 70.5 Å². The Bertz CT molecular complexity index is 1380. The molecule has 2 heterocycles. The molecule has 0 atom stereocenters. The Balaban J connectivity index is 1.74. The molecule has 31 heavy (non-hydrogen) atoms. The van der Waals surface area contributed by atoms with Crippen LogP contribution in [0.3, 0.4) is 0 Å². The molecule has 0 aliphatic carbocycles. The van der Waals surface area contributed by atoms with E-state index in [1.807, 2.05) is 0 Å². The Kier molecular flexibility index (Phi) is 5.59. The highest BCUT2D eigenvalue weighted by molar-refractivity contribution is 6.30. The molecule has 0 spiro atoms. The fraction of sp³-hybridized carbons (Fsp3) is 0.0952. The lowest BCUT2D eigenvalue weighted by molar-refractivity contribution is -0.116. The predicted octanol–water partition coefficient (Wildman–Crippen LogP) is 2.43. The Morgan fingerprint density at radius 3 is 2.35 bits per heavy atom. The van der Waals surface area contributed by atoms with E-state index in [0.29, 0.717) is 16.3 Å². The van der Waals surface area contributed by atoms with Crippen molar-refractivity contribution < 1.29 is 9.18 Å². The molecular weight excluding hydrogens is 425 g/mol. The van der Waals surface area contributed by atoms with Gasteiger partial charge in [0.05, 0.1) is 6.54 Å². The zero-order chi connectivity index (χ0) is 22.0. The van der Waals surface area contributed by atoms with E-state index in [2.05, 4.69) is 15.3 Å². The lowest BCUT2D eigenvalue weighted by atomic mass is 10.2. The number of benzene rings is 2. The van der Waals surface area contributed by atoms with Crippen LogP contribution in [0.5, 0.6) is 0 Å². The summed E-state index contributed by atoms with van der Waals surface area (Å²) in [6, 6.07) is 11.9. The second kappa shape index (κ2) is 8.49. The van der Waals surface area contributed by atoms with Crippen molar-refractivity contribution in [1.29, 1.82) is 0 Å². The Labute approximate surface area is 179 Å². The number of rotatable bonds is 5. The number of anilines is 1. The third kappa shape index (κ3) is 4.36. The van der Waals surface area contributed by atoms with Gasteiger partial charge in [-0.05, 0) is 42.0 Å². The van der Waals surface area contributed by atoms with Gasteiger partial charge in [0.25, 0.3) is 5.56 Å². The van der Waals surface area contributed by atoms with Gasteiger partial charge in [-0.2, -0.15) is 0 Å². The maximum absolute atomic E-state index is 13.2. The van der Waals surface area contributed by atoms with Crippen molar-refractivity contribution in [3.8, 4) is 0 Å². The molecule has 4 rings (SSSR count). The molecule has 0 unspecified atom stereocenters. The van der Waals surface area contributed by atoms with Crippen LogP contribution in [0.2, 0.25) is 5.02 Å². The summed E-state index contributed by atoms with van der Waals surface area (Å²) < 4.78 is 15.2. The number of nitrogens with one attached hydrogen (secondary N) is 1. The number of aromatic nitrogens is 4. The molecule has 0 fully saturated rings. The highest BCUT2D eigenvalue weighted by Crippen LogP contribution is 2.13. The monoisotopic (exact) mass is 439 g/mol. The van der Waals surface area contributed by atoms with Crippen LogP contribution in [0.1, 0.15) is 5.56 Å². The second-order valence-corrected chi connectivity index (χ2v) is 7.11. The summed E-state index contributed by atoms with van der Waals surface area (Å²) in [6.07, 6.45) is 2.66. The van der Waals surface area contributed by atoms with E-state index < -0.39 is 23.0 Å². The highest BCUT2D eigenvalue weighted by atomic mass is 35.5. The third-order valence-electron chi connectivity index (χ3n) is 4.53. The molecule has 10 heteroatoms. The Morgan fingerprint density at radius 2 is 1.65 bits per heavy atom.